The van der Waals surface area contributed by atoms with Crippen molar-refractivity contribution in [2.45, 2.75) is 44.9 Å². The van der Waals surface area contributed by atoms with Crippen LogP contribution in [0.25, 0.3) is 10.4 Å². The normalized spacial score (nSPS) is 17.0. The average molecular weight is 776 g/mol. The first-order valence-corrected chi connectivity index (χ1v) is 20.0. The number of carbonyl (C=O) groups excluding carboxylic acids is 3. The molecule has 0 atom stereocenters. The summed E-state index contributed by atoms with van der Waals surface area (Å²) in [5.41, 5.74) is 6.60. The van der Waals surface area contributed by atoms with Gasteiger partial charge in [0.05, 0.1) is 26.8 Å². The highest BCUT2D eigenvalue weighted by molar-refractivity contribution is 7.17. The predicted octanol–water partition coefficient (Wildman–Crippen LogP) is 8.81. The number of pyridine rings is 1. The predicted molar refractivity (Wildman–Crippen MR) is 214 cm³/mol. The highest BCUT2D eigenvalue weighted by atomic mass is 35.5. The molecule has 3 aromatic carbocycles. The summed E-state index contributed by atoms with van der Waals surface area (Å²) in [7, 11) is 0. The number of thiophene rings is 1. The zero-order chi connectivity index (χ0) is 37.7. The first-order chi connectivity index (χ1) is 26.7. The van der Waals surface area contributed by atoms with Crippen molar-refractivity contribution < 1.29 is 23.5 Å². The minimum atomic E-state index is -0.611. The molecule has 9 rings (SSSR count). The van der Waals surface area contributed by atoms with Crippen LogP contribution in [0.4, 0.5) is 27.3 Å². The number of aromatic nitrogens is 1. The van der Waals surface area contributed by atoms with Gasteiger partial charge in [-0.2, -0.15) is 0 Å². The molecule has 2 N–H and O–H groups in total. The van der Waals surface area contributed by atoms with E-state index in [1.54, 1.807) is 35.2 Å². The Morgan fingerprint density at radius 1 is 0.855 bits per heavy atom. The van der Waals surface area contributed by atoms with Gasteiger partial charge in [0, 0.05) is 65.6 Å². The van der Waals surface area contributed by atoms with Gasteiger partial charge >= 0.3 is 0 Å². The summed E-state index contributed by atoms with van der Waals surface area (Å²) in [4.78, 5) is 51.7. The van der Waals surface area contributed by atoms with E-state index in [1.807, 2.05) is 30.3 Å². The summed E-state index contributed by atoms with van der Waals surface area (Å²) in [6, 6.07) is 22.8. The first-order valence-electron chi connectivity index (χ1n) is 18.8. The monoisotopic (exact) mass is 775 g/mol. The van der Waals surface area contributed by atoms with E-state index in [0.29, 0.717) is 34.7 Å². The lowest BCUT2D eigenvalue weighted by Crippen LogP contribution is -2.59. The van der Waals surface area contributed by atoms with E-state index in [0.717, 1.165) is 104 Å². The van der Waals surface area contributed by atoms with E-state index in [-0.39, 0.29) is 27.9 Å². The molecule has 2 saturated heterocycles. The SMILES string of the molecule is O=C(Nc1c(F)cccc1Cl)c1cc2c(s1)-c1ccccc1N(C(=O)c1ccc(NC(=O)c3cc4c(nc3N3CC5(CCOCC5)C3)CCCC4)cc1)CC2. The van der Waals surface area contributed by atoms with E-state index < -0.39 is 11.7 Å². The molecule has 280 valence electrons. The summed E-state index contributed by atoms with van der Waals surface area (Å²) in [6.45, 7) is 3.72. The molecule has 12 heteroatoms. The number of nitrogens with zero attached hydrogens (tertiary/aromatic N) is 3. The Hall–Kier alpha value is -5.10. The minimum absolute atomic E-state index is 0.0591. The maximum Gasteiger partial charge on any atom is 0.265 e. The Labute approximate surface area is 327 Å². The van der Waals surface area contributed by atoms with E-state index in [1.165, 1.54) is 29.5 Å². The summed E-state index contributed by atoms with van der Waals surface area (Å²) in [5, 5.41) is 5.82. The maximum atomic E-state index is 14.4. The molecule has 3 aliphatic heterocycles. The van der Waals surface area contributed by atoms with Crippen molar-refractivity contribution in [1.82, 2.24) is 4.98 Å². The molecule has 2 aromatic heterocycles. The molecule has 0 unspecified atom stereocenters. The maximum absolute atomic E-state index is 14.4. The lowest BCUT2D eigenvalue weighted by Gasteiger charge is -2.53. The van der Waals surface area contributed by atoms with Gasteiger partial charge in [-0.3, -0.25) is 14.4 Å². The van der Waals surface area contributed by atoms with Crippen LogP contribution in [0.2, 0.25) is 5.02 Å². The number of hydrogen-bond donors (Lipinski definition) is 2. The Kier molecular flexibility index (Phi) is 9.40. The van der Waals surface area contributed by atoms with Crippen LogP contribution in [-0.2, 0) is 24.0 Å². The van der Waals surface area contributed by atoms with Crippen molar-refractivity contribution in [3.8, 4) is 10.4 Å². The van der Waals surface area contributed by atoms with Crippen LogP contribution in [0.3, 0.4) is 0 Å². The van der Waals surface area contributed by atoms with E-state index in [9.17, 15) is 18.8 Å². The molecule has 0 saturated carbocycles. The van der Waals surface area contributed by atoms with Gasteiger partial charge in [0.2, 0.25) is 0 Å². The molecule has 2 fully saturated rings. The third-order valence-electron chi connectivity index (χ3n) is 11.3. The first kappa shape index (κ1) is 35.6. The van der Waals surface area contributed by atoms with Gasteiger partial charge in [-0.05, 0) is 111 Å². The van der Waals surface area contributed by atoms with Gasteiger partial charge in [-0.1, -0.05) is 35.9 Å². The van der Waals surface area contributed by atoms with Gasteiger partial charge in [-0.25, -0.2) is 9.37 Å². The molecule has 55 heavy (non-hydrogen) atoms. The van der Waals surface area contributed by atoms with Crippen molar-refractivity contribution in [2.24, 2.45) is 5.41 Å². The van der Waals surface area contributed by atoms with Gasteiger partial charge in [-0.15, -0.1) is 11.3 Å². The lowest BCUT2D eigenvalue weighted by atomic mass is 9.73. The molecule has 3 amide bonds. The average Bonchev–Trinajstić information content (AvgIpc) is 3.56. The second-order valence-electron chi connectivity index (χ2n) is 14.9. The fraction of sp³-hybridized carbons (Fsp3) is 0.302. The number of hydrogen-bond acceptors (Lipinski definition) is 7. The number of carbonyl (C=O) groups is 3. The highest BCUT2D eigenvalue weighted by Crippen LogP contribution is 2.44. The van der Waals surface area contributed by atoms with E-state index >= 15 is 0 Å². The van der Waals surface area contributed by atoms with Crippen molar-refractivity contribution >= 4 is 63.5 Å². The smallest absolute Gasteiger partial charge is 0.265 e. The molecule has 1 aliphatic carbocycles. The second-order valence-corrected chi connectivity index (χ2v) is 16.4. The summed E-state index contributed by atoms with van der Waals surface area (Å²) in [6.07, 6.45) is 6.65. The molecular weight excluding hydrogens is 737 g/mol. The fourth-order valence-corrected chi connectivity index (χ4v) is 9.68. The number of fused-ring (bicyclic) bond motifs is 4. The van der Waals surface area contributed by atoms with Crippen molar-refractivity contribution in [1.29, 1.82) is 0 Å². The Morgan fingerprint density at radius 3 is 2.44 bits per heavy atom. The zero-order valence-corrected chi connectivity index (χ0v) is 31.7. The number of benzene rings is 3. The molecule has 5 heterocycles. The Morgan fingerprint density at radius 2 is 1.64 bits per heavy atom. The van der Waals surface area contributed by atoms with Crippen molar-refractivity contribution in [2.75, 3.05) is 53.3 Å². The van der Waals surface area contributed by atoms with Crippen LogP contribution in [0.1, 0.15) is 72.9 Å². The van der Waals surface area contributed by atoms with Crippen LogP contribution in [0.15, 0.2) is 78.9 Å². The van der Waals surface area contributed by atoms with Gasteiger partial charge in [0.15, 0.2) is 0 Å². The van der Waals surface area contributed by atoms with Crippen molar-refractivity contribution in [3.05, 3.63) is 123 Å². The zero-order valence-electron chi connectivity index (χ0n) is 30.1. The lowest BCUT2D eigenvalue weighted by molar-refractivity contribution is -0.000525. The molecule has 1 spiro atoms. The molecule has 0 bridgehead atoms. The molecule has 0 radical (unpaired) electrons. The number of nitrogens with one attached hydrogen (secondary N) is 2. The topological polar surface area (TPSA) is 104 Å². The standard InChI is InChI=1S/C43H39ClFN5O4S/c44-32-8-5-9-33(45)37(32)48-41(52)36-23-28-16-19-50(35-11-4-2-7-30(35)38(28)55-36)42(53)26-12-14-29(15-13-26)46-40(51)31-22-27-6-1-3-10-34(27)47-39(31)49-24-43(25-49)17-20-54-21-18-43/h2,4-5,7-9,11-15,22-23H,1,3,6,10,16-21,24-25H2,(H,46,51)(H,48,52). The van der Waals surface area contributed by atoms with Crippen LogP contribution in [0, 0.1) is 11.2 Å². The Bertz CT molecular complexity index is 2310. The third-order valence-corrected chi connectivity index (χ3v) is 12.9. The number of aryl methyl sites for hydroxylation is 2. The van der Waals surface area contributed by atoms with Crippen LogP contribution in [-0.4, -0.2) is 55.6 Å². The minimum Gasteiger partial charge on any atom is -0.381 e. The van der Waals surface area contributed by atoms with Crippen LogP contribution >= 0.6 is 22.9 Å². The summed E-state index contributed by atoms with van der Waals surface area (Å²) in [5.74, 6) is -0.682. The van der Waals surface area contributed by atoms with Gasteiger partial charge in [0.25, 0.3) is 17.7 Å². The second kappa shape index (κ2) is 14.5. The number of para-hydroxylation sites is 2. The number of amides is 3. The highest BCUT2D eigenvalue weighted by Gasteiger charge is 2.45. The fourth-order valence-electron chi connectivity index (χ4n) is 8.33. The summed E-state index contributed by atoms with van der Waals surface area (Å²) < 4.78 is 20.0. The van der Waals surface area contributed by atoms with Crippen LogP contribution < -0.4 is 20.4 Å². The molecular formula is C43H39ClFN5O4S. The summed E-state index contributed by atoms with van der Waals surface area (Å²) >= 11 is 7.45. The number of anilines is 4. The van der Waals surface area contributed by atoms with Gasteiger partial charge in [0.1, 0.15) is 11.6 Å². The largest absolute Gasteiger partial charge is 0.381 e. The molecule has 5 aromatic rings. The number of ether oxygens (including phenoxy) is 1. The number of rotatable bonds is 6. The van der Waals surface area contributed by atoms with Crippen LogP contribution in [0.5, 0.6) is 0 Å². The van der Waals surface area contributed by atoms with Crippen molar-refractivity contribution in [3.63, 3.8) is 0 Å². The number of halogens is 2. The Balaban J connectivity index is 0.920. The molecule has 9 nitrogen and oxygen atoms in total. The third kappa shape index (κ3) is 6.79. The van der Waals surface area contributed by atoms with E-state index in [2.05, 4.69) is 15.5 Å². The quantitative estimate of drug-likeness (QED) is 0.179. The molecule has 4 aliphatic rings. The van der Waals surface area contributed by atoms with Gasteiger partial charge < -0.3 is 25.2 Å². The van der Waals surface area contributed by atoms with E-state index in [4.69, 9.17) is 21.3 Å².